The van der Waals surface area contributed by atoms with Crippen LogP contribution >= 0.6 is 0 Å². The molecule has 0 saturated heterocycles. The fourth-order valence-corrected chi connectivity index (χ4v) is 4.07. The summed E-state index contributed by atoms with van der Waals surface area (Å²) in [7, 11) is 1.28. The summed E-state index contributed by atoms with van der Waals surface area (Å²) in [5, 5.41) is 0. The molecule has 0 aromatic heterocycles. The van der Waals surface area contributed by atoms with E-state index in [4.69, 9.17) is 14.2 Å². The van der Waals surface area contributed by atoms with Gasteiger partial charge in [-0.15, -0.1) is 0 Å². The minimum absolute atomic E-state index is 0.167. The van der Waals surface area contributed by atoms with Crippen LogP contribution < -0.4 is 9.64 Å². The molecular weight excluding hydrogens is 470 g/mol. The Balaban J connectivity index is 1.69. The van der Waals surface area contributed by atoms with E-state index in [0.717, 1.165) is 5.56 Å². The molecule has 3 aromatic carbocycles. The summed E-state index contributed by atoms with van der Waals surface area (Å²) in [5.74, 6) is -0.882. The number of esters is 2. The Hall–Kier alpha value is -4.65. The average molecular weight is 498 g/mol. The van der Waals surface area contributed by atoms with Crippen LogP contribution in [0.3, 0.4) is 0 Å². The lowest BCUT2D eigenvalue weighted by atomic mass is 10.0. The van der Waals surface area contributed by atoms with Gasteiger partial charge < -0.3 is 14.2 Å². The van der Waals surface area contributed by atoms with Gasteiger partial charge in [0.15, 0.2) is 0 Å². The number of ether oxygens (including phenoxy) is 3. The van der Waals surface area contributed by atoms with Crippen LogP contribution in [0, 0.1) is 0 Å². The van der Waals surface area contributed by atoms with Crippen molar-refractivity contribution in [2.24, 2.45) is 0 Å². The Kier molecular flexibility index (Phi) is 7.83. The van der Waals surface area contributed by atoms with Crippen molar-refractivity contribution in [3.63, 3.8) is 0 Å². The van der Waals surface area contributed by atoms with Crippen molar-refractivity contribution in [2.45, 2.75) is 20.5 Å². The van der Waals surface area contributed by atoms with Gasteiger partial charge in [0.05, 0.1) is 30.4 Å². The van der Waals surface area contributed by atoms with Gasteiger partial charge in [-0.05, 0) is 55.8 Å². The fourth-order valence-electron chi connectivity index (χ4n) is 4.07. The van der Waals surface area contributed by atoms with Crippen molar-refractivity contribution in [3.8, 4) is 5.75 Å². The smallest absolute Gasteiger partial charge is 0.340 e. The highest BCUT2D eigenvalue weighted by atomic mass is 16.5. The minimum atomic E-state index is -0.620. The van der Waals surface area contributed by atoms with E-state index in [-0.39, 0.29) is 23.7 Å². The van der Waals surface area contributed by atoms with Crippen molar-refractivity contribution in [3.05, 3.63) is 112 Å². The molecule has 0 fully saturated rings. The van der Waals surface area contributed by atoms with E-state index in [1.54, 1.807) is 44.2 Å². The first-order valence-corrected chi connectivity index (χ1v) is 11.8. The zero-order valence-corrected chi connectivity index (χ0v) is 20.9. The summed E-state index contributed by atoms with van der Waals surface area (Å²) >= 11 is 0. The van der Waals surface area contributed by atoms with Crippen LogP contribution in [-0.4, -0.2) is 31.6 Å². The molecule has 0 radical (unpaired) electrons. The van der Waals surface area contributed by atoms with Crippen molar-refractivity contribution in [2.75, 3.05) is 18.6 Å². The van der Waals surface area contributed by atoms with E-state index < -0.39 is 11.9 Å². The molecule has 7 heteroatoms. The van der Waals surface area contributed by atoms with Gasteiger partial charge >= 0.3 is 11.9 Å². The second kappa shape index (κ2) is 11.4. The molecule has 0 atom stereocenters. The third-order valence-corrected chi connectivity index (χ3v) is 5.88. The van der Waals surface area contributed by atoms with E-state index in [2.05, 4.69) is 0 Å². The van der Waals surface area contributed by atoms with E-state index in [0.29, 0.717) is 34.9 Å². The molecule has 1 aliphatic rings. The summed E-state index contributed by atoms with van der Waals surface area (Å²) in [6, 6.07) is 23.5. The Morgan fingerprint density at radius 2 is 1.57 bits per heavy atom. The van der Waals surface area contributed by atoms with Crippen LogP contribution in [0.15, 0.2) is 95.7 Å². The second-order valence-electron chi connectivity index (χ2n) is 8.23. The molecule has 1 aliphatic heterocycles. The topological polar surface area (TPSA) is 82.1 Å². The molecule has 0 spiro atoms. The largest absolute Gasteiger partial charge is 0.488 e. The predicted molar refractivity (Wildman–Crippen MR) is 140 cm³/mol. The molecule has 37 heavy (non-hydrogen) atoms. The fraction of sp³-hybridized carbons (Fsp3) is 0.167. The summed E-state index contributed by atoms with van der Waals surface area (Å²) in [5.41, 5.74) is 3.31. The number of carbonyl (C=O) groups is 3. The quantitative estimate of drug-likeness (QED) is 0.310. The first kappa shape index (κ1) is 25.4. The van der Waals surface area contributed by atoms with Crippen LogP contribution in [0.4, 0.5) is 5.69 Å². The monoisotopic (exact) mass is 497 g/mol. The van der Waals surface area contributed by atoms with Gasteiger partial charge in [-0.25, -0.2) is 9.59 Å². The number of methoxy groups -OCH3 is 1. The Labute approximate surface area is 215 Å². The van der Waals surface area contributed by atoms with Gasteiger partial charge in [0.25, 0.3) is 5.91 Å². The SMILES string of the molecule is CCOC(=O)c1ccc(N2C(=O)/C(=C\c3ccccc3OCc3ccccc3)C(C(=O)OC)=C2C)cc1. The van der Waals surface area contributed by atoms with Crippen LogP contribution in [-0.2, 0) is 25.7 Å². The Bertz CT molecular complexity index is 1370. The maximum absolute atomic E-state index is 13.6. The maximum Gasteiger partial charge on any atom is 0.340 e. The van der Waals surface area contributed by atoms with Gasteiger partial charge in [-0.3, -0.25) is 9.69 Å². The van der Waals surface area contributed by atoms with Crippen LogP contribution in [0.5, 0.6) is 5.75 Å². The molecule has 3 aromatic rings. The molecular formula is C30H27NO6. The summed E-state index contributed by atoms with van der Waals surface area (Å²) in [4.78, 5) is 39.9. The zero-order chi connectivity index (χ0) is 26.4. The minimum Gasteiger partial charge on any atom is -0.488 e. The van der Waals surface area contributed by atoms with Crippen molar-refractivity contribution >= 4 is 29.6 Å². The highest BCUT2D eigenvalue weighted by molar-refractivity contribution is 6.24. The number of amides is 1. The van der Waals surface area contributed by atoms with Crippen LogP contribution in [0.1, 0.15) is 35.3 Å². The number of benzene rings is 3. The first-order chi connectivity index (χ1) is 17.9. The maximum atomic E-state index is 13.6. The van der Waals surface area contributed by atoms with Gasteiger partial charge in [0.1, 0.15) is 12.4 Å². The zero-order valence-electron chi connectivity index (χ0n) is 20.9. The first-order valence-electron chi connectivity index (χ1n) is 11.8. The number of allylic oxidation sites excluding steroid dienone is 1. The molecule has 0 bridgehead atoms. The van der Waals surface area contributed by atoms with Crippen molar-refractivity contribution in [1.82, 2.24) is 0 Å². The lowest BCUT2D eigenvalue weighted by Crippen LogP contribution is -2.24. The number of hydrogen-bond acceptors (Lipinski definition) is 6. The molecule has 1 heterocycles. The van der Waals surface area contributed by atoms with Crippen molar-refractivity contribution < 1.29 is 28.6 Å². The highest BCUT2D eigenvalue weighted by Crippen LogP contribution is 2.36. The van der Waals surface area contributed by atoms with Crippen LogP contribution in [0.2, 0.25) is 0 Å². The molecule has 0 N–H and O–H groups in total. The standard InChI is InChI=1S/C30H27NO6/c1-4-36-29(33)22-14-16-24(17-15-22)31-20(2)27(30(34)35-3)25(28(31)32)18-23-12-8-9-13-26(23)37-19-21-10-6-5-7-11-21/h5-18H,4,19H2,1-3H3/b25-18-. The van der Waals surface area contributed by atoms with Gasteiger partial charge in [0, 0.05) is 16.9 Å². The third kappa shape index (κ3) is 5.46. The molecule has 7 nitrogen and oxygen atoms in total. The van der Waals surface area contributed by atoms with E-state index >= 15 is 0 Å². The van der Waals surface area contributed by atoms with Gasteiger partial charge in [0.2, 0.25) is 0 Å². The normalized spacial score (nSPS) is 14.2. The third-order valence-electron chi connectivity index (χ3n) is 5.88. The Morgan fingerprint density at radius 3 is 2.24 bits per heavy atom. The van der Waals surface area contributed by atoms with E-state index in [9.17, 15) is 14.4 Å². The lowest BCUT2D eigenvalue weighted by Gasteiger charge is -2.18. The summed E-state index contributed by atoms with van der Waals surface area (Å²) in [6.45, 7) is 4.03. The van der Waals surface area contributed by atoms with E-state index in [1.807, 2.05) is 54.6 Å². The van der Waals surface area contributed by atoms with Crippen molar-refractivity contribution in [1.29, 1.82) is 0 Å². The molecule has 0 saturated carbocycles. The number of anilines is 1. The number of nitrogens with zero attached hydrogens (tertiary/aromatic N) is 1. The molecule has 0 aliphatic carbocycles. The average Bonchev–Trinajstić information content (AvgIpc) is 3.17. The number of carbonyl (C=O) groups excluding carboxylic acids is 3. The van der Waals surface area contributed by atoms with Crippen LogP contribution in [0.25, 0.3) is 6.08 Å². The highest BCUT2D eigenvalue weighted by Gasteiger charge is 2.38. The molecule has 188 valence electrons. The van der Waals surface area contributed by atoms with Gasteiger partial charge in [-0.1, -0.05) is 48.5 Å². The summed E-state index contributed by atoms with van der Waals surface area (Å²) < 4.78 is 16.1. The lowest BCUT2D eigenvalue weighted by molar-refractivity contribution is -0.136. The van der Waals surface area contributed by atoms with Gasteiger partial charge in [-0.2, -0.15) is 0 Å². The number of hydrogen-bond donors (Lipinski definition) is 0. The predicted octanol–water partition coefficient (Wildman–Crippen LogP) is 5.32. The number of rotatable bonds is 8. The molecule has 1 amide bonds. The van der Waals surface area contributed by atoms with E-state index in [1.165, 1.54) is 12.0 Å². The molecule has 4 rings (SSSR count). The second-order valence-corrected chi connectivity index (χ2v) is 8.23. The molecule has 0 unspecified atom stereocenters. The summed E-state index contributed by atoms with van der Waals surface area (Å²) in [6.07, 6.45) is 1.64. The number of para-hydroxylation sites is 1. The Morgan fingerprint density at radius 1 is 0.892 bits per heavy atom.